The molecule has 3 aromatic carbocycles. The molecule has 0 atom stereocenters. The number of aromatic nitrogens is 4. The number of hydrogen-bond acceptors (Lipinski definition) is 7. The predicted molar refractivity (Wildman–Crippen MR) is 133 cm³/mol. The van der Waals surface area contributed by atoms with Crippen LogP contribution in [0.2, 0.25) is 0 Å². The highest BCUT2D eigenvalue weighted by Gasteiger charge is 2.19. The third-order valence-electron chi connectivity index (χ3n) is 6.44. The van der Waals surface area contributed by atoms with E-state index in [1.807, 2.05) is 36.4 Å². The maximum atomic E-state index is 5.49. The summed E-state index contributed by atoms with van der Waals surface area (Å²) in [5.74, 6) is 2.85. The van der Waals surface area contributed by atoms with Crippen molar-refractivity contribution < 1.29 is 14.2 Å². The van der Waals surface area contributed by atoms with E-state index in [0.717, 1.165) is 61.0 Å². The van der Waals surface area contributed by atoms with Gasteiger partial charge in [-0.1, -0.05) is 24.3 Å². The summed E-state index contributed by atoms with van der Waals surface area (Å²) in [5, 5.41) is 13.0. The molecule has 0 aliphatic carbocycles. The maximum Gasteiger partial charge on any atom is 0.209 e. The molecule has 1 aromatic heterocycles. The van der Waals surface area contributed by atoms with E-state index in [0.29, 0.717) is 5.82 Å². The van der Waals surface area contributed by atoms with Crippen LogP contribution in [0, 0.1) is 0 Å². The second-order valence-corrected chi connectivity index (χ2v) is 8.52. The lowest BCUT2D eigenvalue weighted by Crippen LogP contribution is -2.32. The molecule has 8 heteroatoms. The molecule has 0 bridgehead atoms. The first-order valence-electron chi connectivity index (χ1n) is 11.7. The number of rotatable bonds is 8. The topological polar surface area (TPSA) is 74.5 Å². The van der Waals surface area contributed by atoms with Crippen molar-refractivity contribution in [3.8, 4) is 34.3 Å². The van der Waals surface area contributed by atoms with E-state index in [9.17, 15) is 0 Å². The number of ether oxygens (including phenoxy) is 3. The quantitative estimate of drug-likeness (QED) is 0.385. The van der Waals surface area contributed by atoms with Gasteiger partial charge in [0.2, 0.25) is 5.82 Å². The molecule has 0 saturated heterocycles. The number of methoxy groups -OCH3 is 3. The Morgan fingerprint density at radius 1 is 0.829 bits per heavy atom. The van der Waals surface area contributed by atoms with Gasteiger partial charge in [-0.25, -0.2) is 0 Å². The minimum atomic E-state index is 0.533. The molecule has 1 aliphatic rings. The Hall–Kier alpha value is -3.91. The highest BCUT2D eigenvalue weighted by molar-refractivity contribution is 5.63. The van der Waals surface area contributed by atoms with Gasteiger partial charge in [0, 0.05) is 19.6 Å². The minimum absolute atomic E-state index is 0.533. The van der Waals surface area contributed by atoms with Gasteiger partial charge in [-0.3, -0.25) is 4.90 Å². The summed E-state index contributed by atoms with van der Waals surface area (Å²) in [6, 6.07) is 20.2. The zero-order valence-electron chi connectivity index (χ0n) is 20.3. The molecule has 0 unspecified atom stereocenters. The molecule has 1 aliphatic heterocycles. The van der Waals surface area contributed by atoms with Crippen LogP contribution in [-0.4, -0.2) is 59.5 Å². The van der Waals surface area contributed by atoms with Crippen LogP contribution in [0.25, 0.3) is 17.1 Å². The number of benzene rings is 3. The smallest absolute Gasteiger partial charge is 0.209 e. The molecule has 5 rings (SSSR count). The first kappa shape index (κ1) is 22.9. The van der Waals surface area contributed by atoms with E-state index < -0.39 is 0 Å². The second-order valence-electron chi connectivity index (χ2n) is 8.52. The molecule has 180 valence electrons. The van der Waals surface area contributed by atoms with E-state index in [2.05, 4.69) is 44.6 Å². The molecule has 8 nitrogen and oxygen atoms in total. The van der Waals surface area contributed by atoms with Gasteiger partial charge in [0.05, 0.1) is 32.6 Å². The average molecular weight is 472 g/mol. The molecular weight excluding hydrogens is 442 g/mol. The van der Waals surface area contributed by atoms with Gasteiger partial charge >= 0.3 is 0 Å². The van der Waals surface area contributed by atoms with Crippen molar-refractivity contribution in [2.45, 2.75) is 19.4 Å². The molecule has 0 spiro atoms. The molecule has 0 saturated carbocycles. The van der Waals surface area contributed by atoms with E-state index >= 15 is 0 Å². The molecule has 4 aromatic rings. The summed E-state index contributed by atoms with van der Waals surface area (Å²) >= 11 is 0. The van der Waals surface area contributed by atoms with Crippen molar-refractivity contribution in [1.29, 1.82) is 0 Å². The Labute approximate surface area is 205 Å². The lowest BCUT2D eigenvalue weighted by molar-refractivity contribution is 0.255. The molecule has 2 heterocycles. The fraction of sp³-hybridized carbons (Fsp3) is 0.296. The van der Waals surface area contributed by atoms with Crippen LogP contribution in [0.1, 0.15) is 16.7 Å². The van der Waals surface area contributed by atoms with Crippen LogP contribution >= 0.6 is 0 Å². The van der Waals surface area contributed by atoms with Crippen molar-refractivity contribution >= 4 is 0 Å². The highest BCUT2D eigenvalue weighted by atomic mass is 16.5. The fourth-order valence-corrected chi connectivity index (χ4v) is 4.48. The van der Waals surface area contributed by atoms with Gasteiger partial charge in [0.25, 0.3) is 0 Å². The zero-order chi connectivity index (χ0) is 24.2. The lowest BCUT2D eigenvalue weighted by Gasteiger charge is -2.29. The Morgan fingerprint density at radius 2 is 1.54 bits per heavy atom. The predicted octanol–water partition coefficient (Wildman–Crippen LogP) is 3.96. The lowest BCUT2D eigenvalue weighted by atomic mass is 9.98. The van der Waals surface area contributed by atoms with Crippen LogP contribution in [0.15, 0.2) is 60.7 Å². The summed E-state index contributed by atoms with van der Waals surface area (Å²) < 4.78 is 16.4. The highest BCUT2D eigenvalue weighted by Crippen LogP contribution is 2.33. The van der Waals surface area contributed by atoms with Gasteiger partial charge in [0.15, 0.2) is 11.5 Å². The van der Waals surface area contributed by atoms with Crippen LogP contribution in [0.3, 0.4) is 0 Å². The number of para-hydroxylation sites is 1. The Morgan fingerprint density at radius 3 is 2.29 bits per heavy atom. The Kier molecular flexibility index (Phi) is 6.63. The molecule has 35 heavy (non-hydrogen) atoms. The van der Waals surface area contributed by atoms with E-state index in [1.165, 1.54) is 16.7 Å². The summed E-state index contributed by atoms with van der Waals surface area (Å²) in [5.41, 5.74) is 5.62. The van der Waals surface area contributed by atoms with Crippen LogP contribution in [-0.2, 0) is 19.4 Å². The minimum Gasteiger partial charge on any atom is -0.496 e. The molecule has 0 radical (unpaired) electrons. The summed E-state index contributed by atoms with van der Waals surface area (Å²) in [7, 11) is 5.00. The number of fused-ring (bicyclic) bond motifs is 1. The standard InChI is InChI=1S/C27H29N5O3/c1-33-24-7-5-4-6-23(24)27-28-30-32(29-27)22-10-8-19(9-11-22)12-14-31-15-13-20-16-25(34-2)26(35-3)17-21(20)18-31/h4-11,16-17H,12-15,18H2,1-3H3. The SMILES string of the molecule is COc1cc2c(cc1OC)CN(CCc1ccc(-n3nnc(-c4ccccc4OC)n3)cc1)CC2. The Balaban J connectivity index is 1.22. The van der Waals surface area contributed by atoms with E-state index in [4.69, 9.17) is 14.2 Å². The normalized spacial score (nSPS) is 13.3. The van der Waals surface area contributed by atoms with Crippen molar-refractivity contribution in [2.24, 2.45) is 0 Å². The van der Waals surface area contributed by atoms with E-state index in [-0.39, 0.29) is 0 Å². The maximum absolute atomic E-state index is 5.49. The van der Waals surface area contributed by atoms with Gasteiger partial charge in [-0.15, -0.1) is 15.0 Å². The molecule has 0 fully saturated rings. The average Bonchev–Trinajstić information content (AvgIpc) is 3.41. The first-order valence-corrected chi connectivity index (χ1v) is 11.7. The summed E-state index contributed by atoms with van der Waals surface area (Å²) in [4.78, 5) is 4.04. The molecular formula is C27H29N5O3. The van der Waals surface area contributed by atoms with Crippen LogP contribution in [0.4, 0.5) is 0 Å². The van der Waals surface area contributed by atoms with Gasteiger partial charge in [-0.05, 0) is 71.1 Å². The number of hydrogen-bond donors (Lipinski definition) is 0. The van der Waals surface area contributed by atoms with E-state index in [1.54, 1.807) is 26.1 Å². The third kappa shape index (κ3) is 4.83. The second kappa shape index (κ2) is 10.1. The number of nitrogens with zero attached hydrogens (tertiary/aromatic N) is 5. The van der Waals surface area contributed by atoms with Gasteiger partial charge < -0.3 is 14.2 Å². The van der Waals surface area contributed by atoms with Crippen LogP contribution < -0.4 is 14.2 Å². The van der Waals surface area contributed by atoms with Gasteiger partial charge in [-0.2, -0.15) is 0 Å². The number of tetrazole rings is 1. The monoisotopic (exact) mass is 471 g/mol. The summed E-state index contributed by atoms with van der Waals surface area (Å²) in [6.45, 7) is 2.95. The van der Waals surface area contributed by atoms with Crippen molar-refractivity contribution in [3.05, 3.63) is 77.4 Å². The largest absolute Gasteiger partial charge is 0.496 e. The molecule has 0 amide bonds. The third-order valence-corrected chi connectivity index (χ3v) is 6.44. The van der Waals surface area contributed by atoms with Crippen molar-refractivity contribution in [1.82, 2.24) is 25.1 Å². The van der Waals surface area contributed by atoms with Crippen molar-refractivity contribution in [2.75, 3.05) is 34.4 Å². The first-order chi connectivity index (χ1) is 17.2. The van der Waals surface area contributed by atoms with Crippen molar-refractivity contribution in [3.63, 3.8) is 0 Å². The van der Waals surface area contributed by atoms with Gasteiger partial charge in [0.1, 0.15) is 5.75 Å². The zero-order valence-corrected chi connectivity index (χ0v) is 20.3. The summed E-state index contributed by atoms with van der Waals surface area (Å²) in [6.07, 6.45) is 1.99. The Bertz CT molecular complexity index is 1300. The molecule has 0 N–H and O–H groups in total. The van der Waals surface area contributed by atoms with Crippen LogP contribution in [0.5, 0.6) is 17.2 Å². The fourth-order valence-electron chi connectivity index (χ4n) is 4.48.